The minimum absolute atomic E-state index is 0.141. The second kappa shape index (κ2) is 4.77. The predicted octanol–water partition coefficient (Wildman–Crippen LogP) is -1.34. The van der Waals surface area contributed by atoms with Gasteiger partial charge in [0.15, 0.2) is 14.9 Å². The molecule has 6 nitrogen and oxygen atoms in total. The van der Waals surface area contributed by atoms with Crippen LogP contribution in [0.3, 0.4) is 0 Å². The molecule has 2 N–H and O–H groups in total. The quantitative estimate of drug-likeness (QED) is 0.649. The molecule has 0 amide bonds. The lowest BCUT2D eigenvalue weighted by Gasteiger charge is -2.23. The molecular weight excluding hydrogens is 240 g/mol. The van der Waals surface area contributed by atoms with Crippen LogP contribution in [-0.4, -0.2) is 47.3 Å². The summed E-state index contributed by atoms with van der Waals surface area (Å²) in [5, 5.41) is 2.27. The van der Waals surface area contributed by atoms with Crippen molar-refractivity contribution < 1.29 is 16.8 Å². The molecule has 1 aliphatic rings. The maximum atomic E-state index is 11.4. The predicted molar refractivity (Wildman–Crippen MR) is 57.7 cm³/mol. The summed E-state index contributed by atoms with van der Waals surface area (Å²) in [5.41, 5.74) is 0. The second-order valence-corrected chi connectivity index (χ2v) is 8.06. The Morgan fingerprint density at radius 1 is 1.20 bits per heavy atom. The van der Waals surface area contributed by atoms with Crippen molar-refractivity contribution in [3.63, 3.8) is 0 Å². The summed E-state index contributed by atoms with van der Waals surface area (Å²) >= 11 is 0. The van der Waals surface area contributed by atoms with Crippen molar-refractivity contribution in [3.05, 3.63) is 0 Å². The molecule has 0 aromatic heterocycles. The van der Waals surface area contributed by atoms with Gasteiger partial charge in [-0.1, -0.05) is 0 Å². The number of sulfonamides is 1. The van der Waals surface area contributed by atoms with E-state index in [1.54, 1.807) is 0 Å². The summed E-state index contributed by atoms with van der Waals surface area (Å²) in [7, 11) is -7.20. The molecule has 0 saturated carbocycles. The summed E-state index contributed by atoms with van der Waals surface area (Å²) in [6, 6.07) is -0.141. The molecule has 1 saturated heterocycles. The van der Waals surface area contributed by atoms with Gasteiger partial charge >= 0.3 is 0 Å². The maximum Gasteiger partial charge on any atom is 0.226 e. The Kier molecular flexibility index (Phi) is 4.10. The van der Waals surface area contributed by atoms with Gasteiger partial charge in [0.2, 0.25) is 10.0 Å². The SMILES string of the molecule is CS(=O)(=O)CS(=O)(=O)NC1CCNCC1. The topological polar surface area (TPSA) is 92.3 Å². The van der Waals surface area contributed by atoms with E-state index in [1.807, 2.05) is 0 Å². The first kappa shape index (κ1) is 12.9. The maximum absolute atomic E-state index is 11.4. The number of hydrogen-bond donors (Lipinski definition) is 2. The third-order valence-electron chi connectivity index (χ3n) is 2.05. The molecule has 1 heterocycles. The first-order valence-corrected chi connectivity index (χ1v) is 8.38. The molecule has 15 heavy (non-hydrogen) atoms. The van der Waals surface area contributed by atoms with E-state index in [2.05, 4.69) is 10.0 Å². The van der Waals surface area contributed by atoms with E-state index in [1.165, 1.54) is 0 Å². The highest BCUT2D eigenvalue weighted by atomic mass is 32.3. The van der Waals surface area contributed by atoms with Crippen LogP contribution in [0.4, 0.5) is 0 Å². The Balaban J connectivity index is 2.56. The Labute approximate surface area is 90.4 Å². The fourth-order valence-electron chi connectivity index (χ4n) is 1.51. The van der Waals surface area contributed by atoms with E-state index in [9.17, 15) is 16.8 Å². The van der Waals surface area contributed by atoms with Gasteiger partial charge in [-0.15, -0.1) is 0 Å². The highest BCUT2D eigenvalue weighted by molar-refractivity contribution is 8.06. The normalized spacial score (nSPS) is 20.3. The fraction of sp³-hybridized carbons (Fsp3) is 1.00. The largest absolute Gasteiger partial charge is 0.317 e. The molecule has 0 radical (unpaired) electrons. The monoisotopic (exact) mass is 256 g/mol. The molecule has 0 atom stereocenters. The van der Waals surface area contributed by atoms with Crippen LogP contribution in [-0.2, 0) is 19.9 Å². The van der Waals surface area contributed by atoms with Crippen LogP contribution in [0, 0.1) is 0 Å². The fourth-order valence-corrected chi connectivity index (χ4v) is 4.78. The Hall–Kier alpha value is -0.180. The van der Waals surface area contributed by atoms with Crippen molar-refractivity contribution in [2.24, 2.45) is 0 Å². The standard InChI is InChI=1S/C7H16N2O4S2/c1-14(10,11)6-15(12,13)9-7-2-4-8-5-3-7/h7-9H,2-6H2,1H3. The molecule has 0 unspecified atom stereocenters. The number of sulfone groups is 1. The molecule has 0 aromatic carbocycles. The van der Waals surface area contributed by atoms with Gasteiger partial charge in [0.05, 0.1) is 0 Å². The average Bonchev–Trinajstić information content (AvgIpc) is 1.99. The Morgan fingerprint density at radius 2 is 1.73 bits per heavy atom. The average molecular weight is 256 g/mol. The lowest BCUT2D eigenvalue weighted by Crippen LogP contribution is -2.44. The summed E-state index contributed by atoms with van der Waals surface area (Å²) in [6.45, 7) is 1.51. The van der Waals surface area contributed by atoms with Crippen molar-refractivity contribution >= 4 is 19.9 Å². The molecule has 1 fully saturated rings. The summed E-state index contributed by atoms with van der Waals surface area (Å²) in [6.07, 6.45) is 2.31. The van der Waals surface area contributed by atoms with Gasteiger partial charge in [0.25, 0.3) is 0 Å². The summed E-state index contributed by atoms with van der Waals surface area (Å²) < 4.78 is 46.9. The second-order valence-electron chi connectivity index (χ2n) is 3.80. The Bertz CT molecular complexity index is 395. The number of piperidine rings is 1. The minimum atomic E-state index is -3.70. The van der Waals surface area contributed by atoms with Crippen LogP contribution in [0.2, 0.25) is 0 Å². The van der Waals surface area contributed by atoms with Gasteiger partial charge in [-0.2, -0.15) is 0 Å². The van der Waals surface area contributed by atoms with Crippen LogP contribution in [0.1, 0.15) is 12.8 Å². The zero-order chi connectivity index (χ0) is 11.5. The van der Waals surface area contributed by atoms with Crippen molar-refractivity contribution in [1.82, 2.24) is 10.0 Å². The van der Waals surface area contributed by atoms with Crippen LogP contribution in [0.5, 0.6) is 0 Å². The highest BCUT2D eigenvalue weighted by Crippen LogP contribution is 2.04. The van der Waals surface area contributed by atoms with E-state index in [-0.39, 0.29) is 6.04 Å². The van der Waals surface area contributed by atoms with Crippen molar-refractivity contribution in [2.75, 3.05) is 24.4 Å². The molecule has 1 rings (SSSR count). The van der Waals surface area contributed by atoms with Gasteiger partial charge in [-0.25, -0.2) is 21.6 Å². The molecule has 1 aliphatic heterocycles. The Morgan fingerprint density at radius 3 is 2.20 bits per heavy atom. The highest BCUT2D eigenvalue weighted by Gasteiger charge is 2.23. The molecule has 0 spiro atoms. The molecular formula is C7H16N2O4S2. The van der Waals surface area contributed by atoms with Crippen molar-refractivity contribution in [2.45, 2.75) is 18.9 Å². The molecule has 90 valence electrons. The summed E-state index contributed by atoms with van der Waals surface area (Å²) in [4.78, 5) is 0. The van der Waals surface area contributed by atoms with Gasteiger partial charge in [0.1, 0.15) is 0 Å². The van der Waals surface area contributed by atoms with Crippen LogP contribution in [0.15, 0.2) is 0 Å². The van der Waals surface area contributed by atoms with Crippen LogP contribution >= 0.6 is 0 Å². The van der Waals surface area contributed by atoms with Crippen LogP contribution < -0.4 is 10.0 Å². The van der Waals surface area contributed by atoms with E-state index in [0.29, 0.717) is 12.8 Å². The number of rotatable bonds is 4. The van der Waals surface area contributed by atoms with E-state index in [0.717, 1.165) is 19.3 Å². The van der Waals surface area contributed by atoms with Gasteiger partial charge < -0.3 is 5.32 Å². The number of hydrogen-bond acceptors (Lipinski definition) is 5. The van der Waals surface area contributed by atoms with E-state index in [4.69, 9.17) is 0 Å². The minimum Gasteiger partial charge on any atom is -0.317 e. The number of nitrogens with one attached hydrogen (secondary N) is 2. The molecule has 0 bridgehead atoms. The molecule has 8 heteroatoms. The van der Waals surface area contributed by atoms with E-state index < -0.39 is 24.9 Å². The third-order valence-corrected chi connectivity index (χ3v) is 5.70. The van der Waals surface area contributed by atoms with Crippen molar-refractivity contribution in [1.29, 1.82) is 0 Å². The van der Waals surface area contributed by atoms with E-state index >= 15 is 0 Å². The van der Waals surface area contributed by atoms with Crippen molar-refractivity contribution in [3.8, 4) is 0 Å². The first-order valence-electron chi connectivity index (χ1n) is 4.67. The van der Waals surface area contributed by atoms with Gasteiger partial charge in [0, 0.05) is 12.3 Å². The third kappa shape index (κ3) is 5.45. The first-order chi connectivity index (χ1) is 6.79. The smallest absolute Gasteiger partial charge is 0.226 e. The van der Waals surface area contributed by atoms with Gasteiger partial charge in [-0.05, 0) is 25.9 Å². The zero-order valence-corrected chi connectivity index (χ0v) is 10.2. The van der Waals surface area contributed by atoms with Gasteiger partial charge in [-0.3, -0.25) is 0 Å². The summed E-state index contributed by atoms with van der Waals surface area (Å²) in [5.74, 6) is 0. The molecule has 0 aromatic rings. The van der Waals surface area contributed by atoms with Crippen LogP contribution in [0.25, 0.3) is 0 Å². The zero-order valence-electron chi connectivity index (χ0n) is 8.56. The lowest BCUT2D eigenvalue weighted by molar-refractivity contribution is 0.428. The molecule has 0 aliphatic carbocycles. The lowest BCUT2D eigenvalue weighted by atomic mass is 10.1.